The SMILES string of the molecule is C[CH2][Zr][S]C1=CC=CC1.Cl. The van der Waals surface area contributed by atoms with Crippen molar-refractivity contribution >= 4 is 20.9 Å². The summed E-state index contributed by atoms with van der Waals surface area (Å²) in [7, 11) is 2.15. The van der Waals surface area contributed by atoms with Gasteiger partial charge in [0.2, 0.25) is 0 Å². The minimum absolute atomic E-state index is 0. The van der Waals surface area contributed by atoms with Gasteiger partial charge in [-0.05, 0) is 0 Å². The van der Waals surface area contributed by atoms with Crippen molar-refractivity contribution in [1.29, 1.82) is 0 Å². The fourth-order valence-electron chi connectivity index (χ4n) is 0.668. The van der Waals surface area contributed by atoms with Gasteiger partial charge in [0.1, 0.15) is 0 Å². The summed E-state index contributed by atoms with van der Waals surface area (Å²) < 4.78 is 1.45. The molecule has 0 saturated heterocycles. The van der Waals surface area contributed by atoms with Gasteiger partial charge < -0.3 is 0 Å². The minimum Gasteiger partial charge on any atom is -0.147 e. The maximum absolute atomic E-state index is 2.29. The number of halogens is 1. The zero-order valence-corrected chi connectivity index (χ0v) is 10.1. The van der Waals surface area contributed by atoms with E-state index >= 15 is 0 Å². The Kier molecular flexibility index (Phi) is 7.37. The standard InChI is InChI=1S/C5H6S.C2H5.ClH.Zr/c6-5-3-1-2-4-5;1-2;;/h1-3,6H,4H2;1H2,2H3;1H;/q;;;+1/p-1. The van der Waals surface area contributed by atoms with E-state index in [1.165, 1.54) is 10.5 Å². The van der Waals surface area contributed by atoms with Crippen LogP contribution >= 0.6 is 20.9 Å². The number of rotatable bonds is 3. The maximum Gasteiger partial charge on any atom is -0.147 e. The monoisotopic (exact) mass is 252 g/mol. The van der Waals surface area contributed by atoms with Gasteiger partial charge in [0.25, 0.3) is 0 Å². The van der Waals surface area contributed by atoms with Crippen LogP contribution in [-0.4, -0.2) is 0 Å². The zero-order valence-electron chi connectivity index (χ0n) is 5.96. The van der Waals surface area contributed by atoms with Crippen LogP contribution in [0.15, 0.2) is 23.1 Å². The number of hydrogen-bond acceptors (Lipinski definition) is 1. The van der Waals surface area contributed by atoms with Crippen LogP contribution in [0.5, 0.6) is 0 Å². The van der Waals surface area contributed by atoms with E-state index in [9.17, 15) is 0 Å². The third-order valence-electron chi connectivity index (χ3n) is 1.08. The number of hydrogen-bond donors (Lipinski definition) is 0. The topological polar surface area (TPSA) is 0 Å². The molecule has 0 aromatic heterocycles. The molecule has 1 rings (SSSR count). The molecule has 0 bridgehead atoms. The molecule has 10 heavy (non-hydrogen) atoms. The Bertz CT molecular complexity index is 143. The molecule has 0 amide bonds. The Morgan fingerprint density at radius 1 is 1.70 bits per heavy atom. The maximum atomic E-state index is 2.29. The Morgan fingerprint density at radius 3 is 3.00 bits per heavy atom. The third kappa shape index (κ3) is 4.00. The fraction of sp³-hybridized carbons (Fsp3) is 0.429. The van der Waals surface area contributed by atoms with E-state index in [1.54, 1.807) is 4.91 Å². The average molecular weight is 254 g/mol. The van der Waals surface area contributed by atoms with Gasteiger partial charge in [-0.3, -0.25) is 0 Å². The predicted octanol–water partition coefficient (Wildman–Crippen LogP) is 3.42. The largest absolute Gasteiger partial charge is 0.147 e. The summed E-state index contributed by atoms with van der Waals surface area (Å²) in [5.74, 6) is 0. The molecule has 3 heteroatoms. The van der Waals surface area contributed by atoms with Crippen LogP contribution in [-0.2, 0) is 21.8 Å². The quantitative estimate of drug-likeness (QED) is 0.743. The van der Waals surface area contributed by atoms with Gasteiger partial charge >= 0.3 is 70.9 Å². The summed E-state index contributed by atoms with van der Waals surface area (Å²) in [6.45, 7) is 2.29. The first-order valence-corrected chi connectivity index (χ1v) is 8.75. The van der Waals surface area contributed by atoms with Crippen molar-refractivity contribution < 1.29 is 21.8 Å². The van der Waals surface area contributed by atoms with Crippen LogP contribution in [0.4, 0.5) is 0 Å². The molecule has 0 aromatic carbocycles. The summed E-state index contributed by atoms with van der Waals surface area (Å²) >= 11 is -0.0392. The van der Waals surface area contributed by atoms with Crippen LogP contribution < -0.4 is 0 Å². The van der Waals surface area contributed by atoms with E-state index in [2.05, 4.69) is 33.7 Å². The van der Waals surface area contributed by atoms with Crippen molar-refractivity contribution in [2.24, 2.45) is 0 Å². The first-order valence-electron chi connectivity index (χ1n) is 3.19. The molecule has 0 aliphatic heterocycles. The van der Waals surface area contributed by atoms with E-state index in [1.807, 2.05) is 0 Å². The first kappa shape index (κ1) is 11.0. The second-order valence-electron chi connectivity index (χ2n) is 1.87. The van der Waals surface area contributed by atoms with E-state index in [-0.39, 0.29) is 34.2 Å². The molecule has 56 valence electrons. The molecule has 0 atom stereocenters. The summed E-state index contributed by atoms with van der Waals surface area (Å²) in [6.07, 6.45) is 7.86. The van der Waals surface area contributed by atoms with Gasteiger partial charge in [0.05, 0.1) is 0 Å². The van der Waals surface area contributed by atoms with E-state index in [4.69, 9.17) is 0 Å². The molecule has 0 unspecified atom stereocenters. The van der Waals surface area contributed by atoms with Crippen molar-refractivity contribution in [1.82, 2.24) is 0 Å². The molecule has 0 aromatic rings. The van der Waals surface area contributed by atoms with Crippen molar-refractivity contribution in [2.75, 3.05) is 0 Å². The summed E-state index contributed by atoms with van der Waals surface area (Å²) in [5.41, 5.74) is 0. The summed E-state index contributed by atoms with van der Waals surface area (Å²) in [5, 5.41) is 0. The molecule has 0 heterocycles. The van der Waals surface area contributed by atoms with E-state index < -0.39 is 0 Å². The normalized spacial score (nSPS) is 14.3. The van der Waals surface area contributed by atoms with E-state index in [0.717, 1.165) is 0 Å². The molecule has 0 radical (unpaired) electrons. The predicted molar refractivity (Wildman–Crippen MR) is 47.2 cm³/mol. The third-order valence-corrected chi connectivity index (χ3v) is 7.21. The van der Waals surface area contributed by atoms with Crippen LogP contribution in [0.3, 0.4) is 0 Å². The molecule has 0 nitrogen and oxygen atoms in total. The zero-order chi connectivity index (χ0) is 6.53. The van der Waals surface area contributed by atoms with Crippen molar-refractivity contribution in [3.63, 3.8) is 0 Å². The van der Waals surface area contributed by atoms with Crippen molar-refractivity contribution in [3.8, 4) is 0 Å². The molecule has 1 aliphatic rings. The van der Waals surface area contributed by atoms with Crippen LogP contribution in [0.1, 0.15) is 13.3 Å². The molecule has 0 saturated carbocycles. The fourth-order valence-corrected chi connectivity index (χ4v) is 4.87. The summed E-state index contributed by atoms with van der Waals surface area (Å²) in [4.78, 5) is 1.60. The van der Waals surface area contributed by atoms with Crippen LogP contribution in [0.2, 0.25) is 4.13 Å². The molecule has 1 aliphatic carbocycles. The molecule has 0 N–H and O–H groups in total. The Labute approximate surface area is 82.8 Å². The van der Waals surface area contributed by atoms with Gasteiger partial charge in [-0.25, -0.2) is 0 Å². The van der Waals surface area contributed by atoms with Gasteiger partial charge in [-0.15, -0.1) is 12.4 Å². The molecular formula is C7H11ClSZr. The van der Waals surface area contributed by atoms with Crippen LogP contribution in [0.25, 0.3) is 0 Å². The molecular weight excluding hydrogens is 243 g/mol. The number of allylic oxidation sites excluding steroid dienone is 4. The van der Waals surface area contributed by atoms with Gasteiger partial charge in [-0.2, -0.15) is 0 Å². The Morgan fingerprint density at radius 2 is 2.50 bits per heavy atom. The van der Waals surface area contributed by atoms with Gasteiger partial charge in [0.15, 0.2) is 0 Å². The second kappa shape index (κ2) is 6.70. The molecule has 0 fully saturated rings. The Balaban J connectivity index is 0.000000810. The smallest absolute Gasteiger partial charge is 0.147 e. The molecule has 0 spiro atoms. The van der Waals surface area contributed by atoms with Gasteiger partial charge in [0, 0.05) is 0 Å². The first-order chi connectivity index (χ1) is 4.43. The van der Waals surface area contributed by atoms with Crippen molar-refractivity contribution in [2.45, 2.75) is 17.5 Å². The minimum atomic E-state index is -0.0392. The van der Waals surface area contributed by atoms with Crippen LogP contribution in [0, 0.1) is 0 Å². The second-order valence-corrected chi connectivity index (χ2v) is 8.25. The summed E-state index contributed by atoms with van der Waals surface area (Å²) in [6, 6.07) is 0. The average Bonchev–Trinajstić information content (AvgIpc) is 2.34. The van der Waals surface area contributed by atoms with Crippen molar-refractivity contribution in [3.05, 3.63) is 23.1 Å². The van der Waals surface area contributed by atoms with Gasteiger partial charge in [-0.1, -0.05) is 0 Å². The Hall–Kier alpha value is 1.00. The van der Waals surface area contributed by atoms with E-state index in [0.29, 0.717) is 0 Å².